The van der Waals surface area contributed by atoms with Crippen molar-refractivity contribution in [2.45, 2.75) is 19.9 Å². The highest BCUT2D eigenvalue weighted by Crippen LogP contribution is 2.15. The average molecular weight is 237 g/mol. The van der Waals surface area contributed by atoms with Gasteiger partial charge in [0.2, 0.25) is 0 Å². The van der Waals surface area contributed by atoms with Crippen LogP contribution < -0.4 is 5.32 Å². The van der Waals surface area contributed by atoms with Crippen LogP contribution in [0.3, 0.4) is 0 Å². The number of rotatable bonds is 3. The predicted molar refractivity (Wildman–Crippen MR) is 63.2 cm³/mol. The van der Waals surface area contributed by atoms with E-state index in [4.69, 9.17) is 16.9 Å². The molecule has 1 aromatic carbocycles. The standard InChI is InChI=1S/C12H13ClN2O/c1-8(2)11(7-14)15-12(16)9-5-3-4-6-10(9)13/h3-6,8,11H,1-2H3,(H,15,16). The zero-order valence-corrected chi connectivity index (χ0v) is 9.95. The monoisotopic (exact) mass is 236 g/mol. The van der Waals surface area contributed by atoms with Gasteiger partial charge >= 0.3 is 0 Å². The summed E-state index contributed by atoms with van der Waals surface area (Å²) >= 11 is 5.88. The second kappa shape index (κ2) is 5.53. The highest BCUT2D eigenvalue weighted by atomic mass is 35.5. The molecule has 1 atom stereocenters. The van der Waals surface area contributed by atoms with Crippen LogP contribution in [0.25, 0.3) is 0 Å². The molecule has 0 fully saturated rings. The van der Waals surface area contributed by atoms with Crippen LogP contribution in [0.4, 0.5) is 0 Å². The molecule has 16 heavy (non-hydrogen) atoms. The first kappa shape index (κ1) is 12.5. The Bertz CT molecular complexity index is 423. The van der Waals surface area contributed by atoms with E-state index in [1.165, 1.54) is 0 Å². The van der Waals surface area contributed by atoms with Gasteiger partial charge in [-0.1, -0.05) is 37.6 Å². The summed E-state index contributed by atoms with van der Waals surface area (Å²) in [4.78, 5) is 11.8. The van der Waals surface area contributed by atoms with Crippen molar-refractivity contribution in [1.82, 2.24) is 5.32 Å². The highest BCUT2D eigenvalue weighted by molar-refractivity contribution is 6.33. The molecule has 1 unspecified atom stereocenters. The maximum Gasteiger partial charge on any atom is 0.253 e. The van der Waals surface area contributed by atoms with Crippen LogP contribution in [-0.2, 0) is 0 Å². The molecular weight excluding hydrogens is 224 g/mol. The minimum Gasteiger partial charge on any atom is -0.336 e. The Balaban J connectivity index is 2.81. The van der Waals surface area contributed by atoms with E-state index in [2.05, 4.69) is 5.32 Å². The number of hydrogen-bond acceptors (Lipinski definition) is 2. The molecule has 0 bridgehead atoms. The van der Waals surface area contributed by atoms with Gasteiger partial charge in [-0.15, -0.1) is 0 Å². The van der Waals surface area contributed by atoms with Gasteiger partial charge < -0.3 is 5.32 Å². The Hall–Kier alpha value is -1.53. The van der Waals surface area contributed by atoms with Crippen LogP contribution in [0.5, 0.6) is 0 Å². The van der Waals surface area contributed by atoms with Crippen LogP contribution in [0.2, 0.25) is 5.02 Å². The van der Waals surface area contributed by atoms with Gasteiger partial charge in [0.05, 0.1) is 16.7 Å². The molecule has 0 aromatic heterocycles. The lowest BCUT2D eigenvalue weighted by Crippen LogP contribution is -2.37. The first-order valence-electron chi connectivity index (χ1n) is 5.01. The summed E-state index contributed by atoms with van der Waals surface area (Å²) in [6.07, 6.45) is 0. The van der Waals surface area contributed by atoms with Gasteiger partial charge in [-0.25, -0.2) is 0 Å². The fourth-order valence-electron chi connectivity index (χ4n) is 1.21. The molecule has 1 rings (SSSR count). The Morgan fingerprint density at radius 3 is 2.56 bits per heavy atom. The molecule has 1 aromatic rings. The van der Waals surface area contributed by atoms with Gasteiger partial charge in [0, 0.05) is 0 Å². The van der Waals surface area contributed by atoms with E-state index >= 15 is 0 Å². The summed E-state index contributed by atoms with van der Waals surface area (Å²) in [7, 11) is 0. The largest absolute Gasteiger partial charge is 0.336 e. The molecule has 0 spiro atoms. The smallest absolute Gasteiger partial charge is 0.253 e. The summed E-state index contributed by atoms with van der Waals surface area (Å²) in [5.41, 5.74) is 0.394. The molecule has 0 heterocycles. The van der Waals surface area contributed by atoms with Gasteiger partial charge in [0.15, 0.2) is 0 Å². The van der Waals surface area contributed by atoms with Crippen molar-refractivity contribution < 1.29 is 4.79 Å². The molecule has 0 radical (unpaired) electrons. The van der Waals surface area contributed by atoms with E-state index in [0.717, 1.165) is 0 Å². The first-order valence-corrected chi connectivity index (χ1v) is 5.39. The zero-order valence-electron chi connectivity index (χ0n) is 9.20. The molecule has 3 nitrogen and oxygen atoms in total. The molecule has 1 amide bonds. The van der Waals surface area contributed by atoms with E-state index in [-0.39, 0.29) is 11.8 Å². The quantitative estimate of drug-likeness (QED) is 0.877. The van der Waals surface area contributed by atoms with Gasteiger partial charge in [-0.3, -0.25) is 4.79 Å². The van der Waals surface area contributed by atoms with Crippen LogP contribution >= 0.6 is 11.6 Å². The third-order valence-corrected chi connectivity index (χ3v) is 2.54. The maximum atomic E-state index is 11.8. The molecule has 0 aliphatic heterocycles. The van der Waals surface area contributed by atoms with Gasteiger partial charge in [-0.05, 0) is 18.1 Å². The summed E-state index contributed by atoms with van der Waals surface area (Å²) in [5, 5.41) is 11.9. The van der Waals surface area contributed by atoms with Crippen molar-refractivity contribution in [2.75, 3.05) is 0 Å². The number of carbonyl (C=O) groups excluding carboxylic acids is 1. The lowest BCUT2D eigenvalue weighted by molar-refractivity contribution is 0.0938. The molecule has 0 aliphatic rings. The van der Waals surface area contributed by atoms with Crippen molar-refractivity contribution in [3.8, 4) is 6.07 Å². The van der Waals surface area contributed by atoms with Crippen LogP contribution in [0.15, 0.2) is 24.3 Å². The molecule has 1 N–H and O–H groups in total. The Morgan fingerprint density at radius 2 is 2.06 bits per heavy atom. The average Bonchev–Trinajstić information content (AvgIpc) is 2.25. The highest BCUT2D eigenvalue weighted by Gasteiger charge is 2.17. The van der Waals surface area contributed by atoms with E-state index in [9.17, 15) is 4.79 Å². The minimum absolute atomic E-state index is 0.0661. The Labute approximate surface area is 100 Å². The van der Waals surface area contributed by atoms with Crippen molar-refractivity contribution in [1.29, 1.82) is 5.26 Å². The molecular formula is C12H13ClN2O. The predicted octanol–water partition coefficient (Wildman–Crippen LogP) is 2.62. The second-order valence-electron chi connectivity index (χ2n) is 3.80. The lowest BCUT2D eigenvalue weighted by atomic mass is 10.1. The van der Waals surface area contributed by atoms with Gasteiger partial charge in [-0.2, -0.15) is 5.26 Å². The molecule has 0 saturated heterocycles. The zero-order chi connectivity index (χ0) is 12.1. The molecule has 0 saturated carbocycles. The van der Waals surface area contributed by atoms with Crippen molar-refractivity contribution in [3.63, 3.8) is 0 Å². The topological polar surface area (TPSA) is 52.9 Å². The van der Waals surface area contributed by atoms with E-state index < -0.39 is 6.04 Å². The number of carbonyl (C=O) groups is 1. The fourth-order valence-corrected chi connectivity index (χ4v) is 1.43. The normalized spacial score (nSPS) is 11.9. The van der Waals surface area contributed by atoms with E-state index in [1.54, 1.807) is 24.3 Å². The molecule has 0 aliphatic carbocycles. The number of halogens is 1. The van der Waals surface area contributed by atoms with Crippen molar-refractivity contribution in [3.05, 3.63) is 34.9 Å². The Kier molecular flexibility index (Phi) is 4.33. The van der Waals surface area contributed by atoms with Crippen LogP contribution in [-0.4, -0.2) is 11.9 Å². The third-order valence-electron chi connectivity index (χ3n) is 2.21. The van der Waals surface area contributed by atoms with Crippen LogP contribution in [0.1, 0.15) is 24.2 Å². The van der Waals surface area contributed by atoms with E-state index in [0.29, 0.717) is 10.6 Å². The summed E-state index contributed by atoms with van der Waals surface area (Å²) < 4.78 is 0. The fraction of sp³-hybridized carbons (Fsp3) is 0.333. The van der Waals surface area contributed by atoms with Crippen molar-refractivity contribution in [2.24, 2.45) is 5.92 Å². The number of hydrogen-bond donors (Lipinski definition) is 1. The lowest BCUT2D eigenvalue weighted by Gasteiger charge is -2.15. The number of nitriles is 1. The first-order chi connectivity index (χ1) is 7.56. The second-order valence-corrected chi connectivity index (χ2v) is 4.21. The number of nitrogens with zero attached hydrogens (tertiary/aromatic N) is 1. The number of benzene rings is 1. The minimum atomic E-state index is -0.497. The number of nitrogens with one attached hydrogen (secondary N) is 1. The number of amides is 1. The summed E-state index contributed by atoms with van der Waals surface area (Å²) in [6, 6.07) is 8.31. The van der Waals surface area contributed by atoms with Crippen molar-refractivity contribution >= 4 is 17.5 Å². The molecule has 4 heteroatoms. The summed E-state index contributed by atoms with van der Waals surface area (Å²) in [5.74, 6) is -0.248. The molecule has 84 valence electrons. The SMILES string of the molecule is CC(C)C(C#N)NC(=O)c1ccccc1Cl. The van der Waals surface area contributed by atoms with Gasteiger partial charge in [0.25, 0.3) is 5.91 Å². The Morgan fingerprint density at radius 1 is 1.44 bits per heavy atom. The third kappa shape index (κ3) is 2.98. The summed E-state index contributed by atoms with van der Waals surface area (Å²) in [6.45, 7) is 3.75. The van der Waals surface area contributed by atoms with E-state index in [1.807, 2.05) is 19.9 Å². The van der Waals surface area contributed by atoms with Crippen LogP contribution in [0, 0.1) is 17.2 Å². The van der Waals surface area contributed by atoms with Gasteiger partial charge in [0.1, 0.15) is 6.04 Å². The maximum absolute atomic E-state index is 11.8.